The van der Waals surface area contributed by atoms with Crippen molar-refractivity contribution in [3.05, 3.63) is 0 Å². The van der Waals surface area contributed by atoms with Gasteiger partial charge in [0.05, 0.1) is 30.3 Å². The first-order valence-electron chi connectivity index (χ1n) is 5.73. The fourth-order valence-electron chi connectivity index (χ4n) is 2.09. The second-order valence-corrected chi connectivity index (χ2v) is 6.48. The maximum Gasteiger partial charge on any atom is 0.154 e. The van der Waals surface area contributed by atoms with Gasteiger partial charge in [0.25, 0.3) is 0 Å². The SMILES string of the molecule is CCCCN(CCO)C1CS(=O)(=O)CC1O. The molecule has 5 nitrogen and oxygen atoms in total. The van der Waals surface area contributed by atoms with Crippen molar-refractivity contribution < 1.29 is 18.6 Å². The van der Waals surface area contributed by atoms with Gasteiger partial charge in [-0.15, -0.1) is 0 Å². The third kappa shape index (κ3) is 3.69. The molecule has 0 radical (unpaired) electrons. The average molecular weight is 251 g/mol. The molecule has 1 aliphatic heterocycles. The number of unbranched alkanes of at least 4 members (excludes halogenated alkanes) is 1. The standard InChI is InChI=1S/C10H21NO4S/c1-2-3-4-11(5-6-12)9-7-16(14,15)8-10(9)13/h9-10,12-13H,2-8H2,1H3. The Morgan fingerprint density at radius 3 is 2.44 bits per heavy atom. The molecule has 0 aliphatic carbocycles. The molecule has 1 aliphatic rings. The van der Waals surface area contributed by atoms with Crippen LogP contribution >= 0.6 is 0 Å². The topological polar surface area (TPSA) is 77.8 Å². The molecular formula is C10H21NO4S. The largest absolute Gasteiger partial charge is 0.395 e. The Kier molecular flexibility index (Phi) is 5.17. The summed E-state index contributed by atoms with van der Waals surface area (Å²) in [6.45, 7) is 3.21. The van der Waals surface area contributed by atoms with Crippen LogP contribution < -0.4 is 0 Å². The quantitative estimate of drug-likeness (QED) is 0.649. The third-order valence-corrected chi connectivity index (χ3v) is 4.65. The van der Waals surface area contributed by atoms with Gasteiger partial charge in [-0.25, -0.2) is 8.42 Å². The Morgan fingerprint density at radius 2 is 2.00 bits per heavy atom. The van der Waals surface area contributed by atoms with Crippen molar-refractivity contribution in [2.75, 3.05) is 31.2 Å². The molecule has 1 fully saturated rings. The van der Waals surface area contributed by atoms with Crippen molar-refractivity contribution in [2.45, 2.75) is 31.9 Å². The zero-order chi connectivity index (χ0) is 12.2. The van der Waals surface area contributed by atoms with E-state index < -0.39 is 15.9 Å². The highest BCUT2D eigenvalue weighted by atomic mass is 32.2. The summed E-state index contributed by atoms with van der Waals surface area (Å²) in [6.07, 6.45) is 1.15. The molecule has 16 heavy (non-hydrogen) atoms. The van der Waals surface area contributed by atoms with Crippen LogP contribution in [0.3, 0.4) is 0 Å². The lowest BCUT2D eigenvalue weighted by molar-refractivity contribution is 0.0695. The zero-order valence-electron chi connectivity index (χ0n) is 9.67. The molecule has 0 spiro atoms. The van der Waals surface area contributed by atoms with Crippen molar-refractivity contribution in [1.29, 1.82) is 0 Å². The van der Waals surface area contributed by atoms with Gasteiger partial charge in [0.1, 0.15) is 0 Å². The Bertz CT molecular complexity index is 304. The normalized spacial score (nSPS) is 28.8. The number of hydrogen-bond acceptors (Lipinski definition) is 5. The first kappa shape index (κ1) is 13.9. The van der Waals surface area contributed by atoms with E-state index in [4.69, 9.17) is 5.11 Å². The minimum atomic E-state index is -3.11. The van der Waals surface area contributed by atoms with E-state index in [1.807, 2.05) is 4.90 Å². The van der Waals surface area contributed by atoms with Gasteiger partial charge < -0.3 is 10.2 Å². The van der Waals surface area contributed by atoms with Gasteiger partial charge in [-0.1, -0.05) is 13.3 Å². The van der Waals surface area contributed by atoms with Crippen LogP contribution in [0.5, 0.6) is 0 Å². The van der Waals surface area contributed by atoms with Gasteiger partial charge in [0, 0.05) is 6.54 Å². The summed E-state index contributed by atoms with van der Waals surface area (Å²) < 4.78 is 22.8. The molecule has 0 aromatic rings. The van der Waals surface area contributed by atoms with Gasteiger partial charge in [-0.3, -0.25) is 4.90 Å². The third-order valence-electron chi connectivity index (χ3n) is 2.95. The van der Waals surface area contributed by atoms with Gasteiger partial charge in [-0.2, -0.15) is 0 Å². The van der Waals surface area contributed by atoms with Crippen LogP contribution in [-0.2, 0) is 9.84 Å². The van der Waals surface area contributed by atoms with Gasteiger partial charge in [-0.05, 0) is 13.0 Å². The Balaban J connectivity index is 2.63. The number of rotatable bonds is 6. The molecule has 96 valence electrons. The van der Waals surface area contributed by atoms with Crippen molar-refractivity contribution >= 4 is 9.84 Å². The minimum absolute atomic E-state index is 0.00696. The lowest BCUT2D eigenvalue weighted by Gasteiger charge is -2.29. The number of hydrogen-bond donors (Lipinski definition) is 2. The minimum Gasteiger partial charge on any atom is -0.395 e. The van der Waals surface area contributed by atoms with Gasteiger partial charge in [0.2, 0.25) is 0 Å². The monoisotopic (exact) mass is 251 g/mol. The van der Waals surface area contributed by atoms with E-state index >= 15 is 0 Å². The summed E-state index contributed by atoms with van der Waals surface area (Å²) in [5.74, 6) is -0.135. The predicted molar refractivity (Wildman–Crippen MR) is 62.0 cm³/mol. The first-order chi connectivity index (χ1) is 7.50. The second kappa shape index (κ2) is 5.95. The van der Waals surface area contributed by atoms with Crippen LogP contribution in [0.2, 0.25) is 0 Å². The Morgan fingerprint density at radius 1 is 1.31 bits per heavy atom. The van der Waals surface area contributed by atoms with E-state index in [1.54, 1.807) is 0 Å². The summed E-state index contributed by atoms with van der Waals surface area (Å²) in [5, 5.41) is 18.7. The molecule has 1 saturated heterocycles. The second-order valence-electron chi connectivity index (χ2n) is 4.32. The number of aliphatic hydroxyl groups is 2. The zero-order valence-corrected chi connectivity index (χ0v) is 10.5. The molecule has 1 rings (SSSR count). The van der Waals surface area contributed by atoms with Crippen LogP contribution in [-0.4, -0.2) is 66.9 Å². The molecule has 0 aromatic heterocycles. The molecule has 0 saturated carbocycles. The molecule has 0 aromatic carbocycles. The molecule has 6 heteroatoms. The highest BCUT2D eigenvalue weighted by Gasteiger charge is 2.39. The first-order valence-corrected chi connectivity index (χ1v) is 7.55. The molecule has 1 heterocycles. The maximum absolute atomic E-state index is 11.4. The fraction of sp³-hybridized carbons (Fsp3) is 1.00. The summed E-state index contributed by atoms with van der Waals surface area (Å²) in [5.41, 5.74) is 0. The highest BCUT2D eigenvalue weighted by Crippen LogP contribution is 2.18. The van der Waals surface area contributed by atoms with Crippen molar-refractivity contribution in [3.63, 3.8) is 0 Å². The van der Waals surface area contributed by atoms with E-state index in [0.717, 1.165) is 19.4 Å². The van der Waals surface area contributed by atoms with E-state index in [9.17, 15) is 13.5 Å². The van der Waals surface area contributed by atoms with Crippen molar-refractivity contribution in [1.82, 2.24) is 4.90 Å². The smallest absolute Gasteiger partial charge is 0.154 e. The average Bonchev–Trinajstić information content (AvgIpc) is 2.47. The summed E-state index contributed by atoms with van der Waals surface area (Å²) in [7, 11) is -3.11. The molecule has 2 unspecified atom stereocenters. The van der Waals surface area contributed by atoms with Crippen molar-refractivity contribution in [3.8, 4) is 0 Å². The van der Waals surface area contributed by atoms with Crippen LogP contribution in [0.15, 0.2) is 0 Å². The summed E-state index contributed by atoms with van der Waals surface area (Å²) in [6, 6.07) is -0.344. The maximum atomic E-state index is 11.4. The van der Waals surface area contributed by atoms with Crippen LogP contribution in [0, 0.1) is 0 Å². The van der Waals surface area contributed by atoms with Crippen LogP contribution in [0.1, 0.15) is 19.8 Å². The van der Waals surface area contributed by atoms with Gasteiger partial charge >= 0.3 is 0 Å². The Hall–Kier alpha value is -0.170. The van der Waals surface area contributed by atoms with Gasteiger partial charge in [0.15, 0.2) is 9.84 Å². The van der Waals surface area contributed by atoms with E-state index in [-0.39, 0.29) is 24.2 Å². The summed E-state index contributed by atoms with van der Waals surface area (Å²) in [4.78, 5) is 1.89. The predicted octanol–water partition coefficient (Wildman–Crippen LogP) is -0.761. The fourth-order valence-corrected chi connectivity index (χ4v) is 3.92. The molecular weight excluding hydrogens is 230 g/mol. The van der Waals surface area contributed by atoms with E-state index in [1.165, 1.54) is 0 Å². The molecule has 2 atom stereocenters. The number of aliphatic hydroxyl groups excluding tert-OH is 2. The van der Waals surface area contributed by atoms with E-state index in [2.05, 4.69) is 6.92 Å². The lowest BCUT2D eigenvalue weighted by atomic mass is 10.1. The number of nitrogens with zero attached hydrogens (tertiary/aromatic N) is 1. The number of sulfone groups is 1. The van der Waals surface area contributed by atoms with Crippen LogP contribution in [0.25, 0.3) is 0 Å². The van der Waals surface area contributed by atoms with Crippen LogP contribution in [0.4, 0.5) is 0 Å². The summed E-state index contributed by atoms with van der Waals surface area (Å²) >= 11 is 0. The lowest BCUT2D eigenvalue weighted by Crippen LogP contribution is -2.45. The van der Waals surface area contributed by atoms with Crippen molar-refractivity contribution in [2.24, 2.45) is 0 Å². The molecule has 0 bridgehead atoms. The Labute approximate surface area is 97.0 Å². The van der Waals surface area contributed by atoms with E-state index in [0.29, 0.717) is 6.54 Å². The molecule has 2 N–H and O–H groups in total. The molecule has 0 amide bonds. The highest BCUT2D eigenvalue weighted by molar-refractivity contribution is 7.91.